The van der Waals surface area contributed by atoms with E-state index in [1.54, 1.807) is 0 Å². The number of hydrogen-bond acceptors (Lipinski definition) is 2. The second-order valence-corrected chi connectivity index (χ2v) is 4.38. The zero-order chi connectivity index (χ0) is 11.5. The van der Waals surface area contributed by atoms with E-state index in [1.807, 2.05) is 32.0 Å². The topological polar surface area (TPSA) is 26.0 Å². The quantitative estimate of drug-likeness (QED) is 0.756. The Morgan fingerprint density at radius 1 is 1.25 bits per heavy atom. The van der Waals surface area contributed by atoms with Crippen LogP contribution in [0.4, 0.5) is 0 Å². The Kier molecular flexibility index (Phi) is 3.30. The summed E-state index contributed by atoms with van der Waals surface area (Å²) in [5, 5.41) is -0.199. The number of oxazole rings is 1. The van der Waals surface area contributed by atoms with Crippen molar-refractivity contribution in [1.82, 2.24) is 4.98 Å². The van der Waals surface area contributed by atoms with Crippen molar-refractivity contribution in [2.45, 2.75) is 25.6 Å². The molecule has 1 aromatic carbocycles. The molecular formula is C13H14ClNO. The molecule has 0 fully saturated rings. The molecule has 16 heavy (non-hydrogen) atoms. The van der Waals surface area contributed by atoms with E-state index in [4.69, 9.17) is 16.0 Å². The molecule has 2 aromatic rings. The molecule has 0 aliphatic rings. The van der Waals surface area contributed by atoms with Crippen LogP contribution >= 0.6 is 11.6 Å². The van der Waals surface area contributed by atoms with E-state index in [1.165, 1.54) is 5.56 Å². The summed E-state index contributed by atoms with van der Waals surface area (Å²) in [4.78, 5) is 4.31. The maximum Gasteiger partial charge on any atom is 0.213 e. The first-order valence-corrected chi connectivity index (χ1v) is 5.72. The van der Waals surface area contributed by atoms with Crippen molar-refractivity contribution in [3.8, 4) is 0 Å². The van der Waals surface area contributed by atoms with Crippen molar-refractivity contribution in [2.24, 2.45) is 0 Å². The molecule has 84 valence electrons. The predicted molar refractivity (Wildman–Crippen MR) is 64.7 cm³/mol. The number of halogens is 1. The van der Waals surface area contributed by atoms with Gasteiger partial charge in [0.05, 0.1) is 5.69 Å². The Morgan fingerprint density at radius 2 is 1.94 bits per heavy atom. The number of alkyl halides is 1. The highest BCUT2D eigenvalue weighted by molar-refractivity contribution is 6.20. The molecule has 0 bridgehead atoms. The van der Waals surface area contributed by atoms with Crippen LogP contribution in [0, 0.1) is 13.8 Å². The van der Waals surface area contributed by atoms with Crippen LogP contribution in [0.25, 0.3) is 0 Å². The third kappa shape index (κ3) is 2.45. The number of benzene rings is 1. The van der Waals surface area contributed by atoms with Gasteiger partial charge in [-0.1, -0.05) is 30.3 Å². The summed E-state index contributed by atoms with van der Waals surface area (Å²) in [5.74, 6) is 1.45. The number of aryl methyl sites for hydroxylation is 2. The molecule has 0 N–H and O–H groups in total. The summed E-state index contributed by atoms with van der Waals surface area (Å²) in [6.07, 6.45) is 0.738. The fraction of sp³-hybridized carbons (Fsp3) is 0.308. The second kappa shape index (κ2) is 4.71. The van der Waals surface area contributed by atoms with Gasteiger partial charge in [-0.3, -0.25) is 0 Å². The Bertz CT molecular complexity index is 445. The number of aromatic nitrogens is 1. The van der Waals surface area contributed by atoms with Gasteiger partial charge in [0, 0.05) is 0 Å². The number of nitrogens with zero attached hydrogens (tertiary/aromatic N) is 1. The van der Waals surface area contributed by atoms with Crippen molar-refractivity contribution in [3.05, 3.63) is 53.2 Å². The molecule has 1 unspecified atom stereocenters. The molecule has 2 rings (SSSR count). The van der Waals surface area contributed by atoms with E-state index in [2.05, 4.69) is 17.1 Å². The third-order valence-corrected chi connectivity index (χ3v) is 2.91. The van der Waals surface area contributed by atoms with Crippen LogP contribution in [0.15, 0.2) is 34.7 Å². The molecule has 0 amide bonds. The first-order chi connectivity index (χ1) is 7.66. The number of hydrogen-bond donors (Lipinski definition) is 0. The van der Waals surface area contributed by atoms with Gasteiger partial charge in [0.15, 0.2) is 0 Å². The summed E-state index contributed by atoms with van der Waals surface area (Å²) in [5.41, 5.74) is 2.10. The lowest BCUT2D eigenvalue weighted by atomic mass is 10.1. The smallest absolute Gasteiger partial charge is 0.213 e. The van der Waals surface area contributed by atoms with Gasteiger partial charge in [-0.25, -0.2) is 4.98 Å². The Hall–Kier alpha value is -1.28. The van der Waals surface area contributed by atoms with E-state index in [0.717, 1.165) is 17.9 Å². The first-order valence-electron chi connectivity index (χ1n) is 5.28. The largest absolute Gasteiger partial charge is 0.444 e. The predicted octanol–water partition coefficient (Wildman–Crippen LogP) is 3.81. The summed E-state index contributed by atoms with van der Waals surface area (Å²) >= 11 is 6.27. The van der Waals surface area contributed by atoms with Crippen LogP contribution < -0.4 is 0 Å². The lowest BCUT2D eigenvalue weighted by Crippen LogP contribution is -1.96. The molecule has 1 heterocycles. The molecule has 0 saturated heterocycles. The Morgan fingerprint density at radius 3 is 2.50 bits per heavy atom. The van der Waals surface area contributed by atoms with E-state index < -0.39 is 0 Å². The Labute approximate surface area is 100 Å². The van der Waals surface area contributed by atoms with Crippen molar-refractivity contribution in [2.75, 3.05) is 0 Å². The minimum atomic E-state index is -0.199. The highest BCUT2D eigenvalue weighted by atomic mass is 35.5. The van der Waals surface area contributed by atoms with Crippen molar-refractivity contribution >= 4 is 11.6 Å². The normalized spacial score (nSPS) is 12.7. The zero-order valence-corrected chi connectivity index (χ0v) is 10.2. The van der Waals surface area contributed by atoms with Crippen LogP contribution in [0.2, 0.25) is 0 Å². The summed E-state index contributed by atoms with van der Waals surface area (Å²) in [6.45, 7) is 3.83. The summed E-state index contributed by atoms with van der Waals surface area (Å²) < 4.78 is 5.51. The number of rotatable bonds is 3. The molecule has 1 aromatic heterocycles. The molecule has 2 nitrogen and oxygen atoms in total. The molecular weight excluding hydrogens is 222 g/mol. The van der Waals surface area contributed by atoms with Crippen LogP contribution in [0.5, 0.6) is 0 Å². The van der Waals surface area contributed by atoms with E-state index in [0.29, 0.717) is 5.89 Å². The van der Waals surface area contributed by atoms with Crippen LogP contribution in [0.3, 0.4) is 0 Å². The Balaban J connectivity index is 2.11. The van der Waals surface area contributed by atoms with Crippen LogP contribution in [-0.2, 0) is 6.42 Å². The molecule has 0 aliphatic heterocycles. The van der Waals surface area contributed by atoms with Crippen LogP contribution in [-0.4, -0.2) is 4.98 Å². The van der Waals surface area contributed by atoms with Gasteiger partial charge >= 0.3 is 0 Å². The molecule has 0 spiro atoms. The highest BCUT2D eigenvalue weighted by Gasteiger charge is 2.16. The van der Waals surface area contributed by atoms with Crippen molar-refractivity contribution in [3.63, 3.8) is 0 Å². The lowest BCUT2D eigenvalue weighted by molar-refractivity contribution is 0.464. The minimum absolute atomic E-state index is 0.199. The molecule has 0 saturated carbocycles. The molecule has 0 aliphatic carbocycles. The average molecular weight is 236 g/mol. The summed E-state index contributed by atoms with van der Waals surface area (Å²) in [7, 11) is 0. The minimum Gasteiger partial charge on any atom is -0.444 e. The van der Waals surface area contributed by atoms with Gasteiger partial charge in [0.2, 0.25) is 5.89 Å². The molecule has 1 atom stereocenters. The van der Waals surface area contributed by atoms with Gasteiger partial charge in [0.25, 0.3) is 0 Å². The molecule has 0 radical (unpaired) electrons. The standard InChI is InChI=1S/C13H14ClNO/c1-9-10(2)16-13(15-9)12(14)8-11-6-4-3-5-7-11/h3-7,12H,8H2,1-2H3. The fourth-order valence-corrected chi connectivity index (χ4v) is 1.81. The molecule has 3 heteroatoms. The highest BCUT2D eigenvalue weighted by Crippen LogP contribution is 2.25. The second-order valence-electron chi connectivity index (χ2n) is 3.85. The lowest BCUT2D eigenvalue weighted by Gasteiger charge is -2.04. The maximum absolute atomic E-state index is 6.27. The van der Waals surface area contributed by atoms with Crippen LogP contribution in [0.1, 0.15) is 28.3 Å². The maximum atomic E-state index is 6.27. The monoisotopic (exact) mass is 235 g/mol. The average Bonchev–Trinajstić information content (AvgIpc) is 2.61. The van der Waals surface area contributed by atoms with Crippen molar-refractivity contribution in [1.29, 1.82) is 0 Å². The van der Waals surface area contributed by atoms with Gasteiger partial charge in [-0.05, 0) is 25.8 Å². The first kappa shape index (κ1) is 11.2. The van der Waals surface area contributed by atoms with Gasteiger partial charge < -0.3 is 4.42 Å². The van der Waals surface area contributed by atoms with E-state index in [9.17, 15) is 0 Å². The summed E-state index contributed by atoms with van der Waals surface area (Å²) in [6, 6.07) is 10.1. The van der Waals surface area contributed by atoms with E-state index in [-0.39, 0.29) is 5.38 Å². The fourth-order valence-electron chi connectivity index (χ4n) is 1.54. The van der Waals surface area contributed by atoms with Gasteiger partial charge in [-0.15, -0.1) is 11.6 Å². The van der Waals surface area contributed by atoms with Crippen molar-refractivity contribution < 1.29 is 4.42 Å². The SMILES string of the molecule is Cc1nc(C(Cl)Cc2ccccc2)oc1C. The third-order valence-electron chi connectivity index (χ3n) is 2.57. The zero-order valence-electron chi connectivity index (χ0n) is 9.40. The van der Waals surface area contributed by atoms with E-state index >= 15 is 0 Å². The van der Waals surface area contributed by atoms with Gasteiger partial charge in [0.1, 0.15) is 11.1 Å². The van der Waals surface area contributed by atoms with Gasteiger partial charge in [-0.2, -0.15) is 0 Å².